The molecule has 0 spiro atoms. The number of alkyl halides is 2. The Kier molecular flexibility index (Phi) is 4.50. The van der Waals surface area contributed by atoms with Gasteiger partial charge in [0.15, 0.2) is 5.78 Å². The third-order valence-electron chi connectivity index (χ3n) is 5.51. The van der Waals surface area contributed by atoms with Gasteiger partial charge in [0, 0.05) is 4.83 Å². The minimum absolute atomic E-state index is 0.0925. The standard InChI is InChI=1S/C15H24Br2O3/c1-13(2)9-7-12(15(4,19)11(18)8-16)20-14(9,3)6-5-10(13)17/h9-10,12,19H,5-8H2,1-4H3. The van der Waals surface area contributed by atoms with E-state index in [9.17, 15) is 9.90 Å². The van der Waals surface area contributed by atoms with Crippen molar-refractivity contribution in [2.24, 2.45) is 11.3 Å². The molecule has 1 saturated carbocycles. The van der Waals surface area contributed by atoms with Crippen LogP contribution in [0.3, 0.4) is 0 Å². The van der Waals surface area contributed by atoms with Gasteiger partial charge in [0.2, 0.25) is 0 Å². The average molecular weight is 412 g/mol. The zero-order valence-corrected chi connectivity index (χ0v) is 15.8. The molecule has 0 aromatic carbocycles. The first-order valence-corrected chi connectivity index (χ1v) is 9.23. The maximum Gasteiger partial charge on any atom is 0.177 e. The molecule has 0 bridgehead atoms. The van der Waals surface area contributed by atoms with Crippen LogP contribution in [0.4, 0.5) is 0 Å². The van der Waals surface area contributed by atoms with Gasteiger partial charge in [-0.2, -0.15) is 0 Å². The lowest BCUT2D eigenvalue weighted by Crippen LogP contribution is -2.50. The van der Waals surface area contributed by atoms with Gasteiger partial charge in [0.05, 0.1) is 17.0 Å². The third-order valence-corrected chi connectivity index (χ3v) is 7.66. The predicted octanol–water partition coefficient (Wildman–Crippen LogP) is 3.45. The molecule has 20 heavy (non-hydrogen) atoms. The summed E-state index contributed by atoms with van der Waals surface area (Å²) in [6, 6.07) is 0. The van der Waals surface area contributed by atoms with Crippen molar-refractivity contribution in [1.29, 1.82) is 0 Å². The molecule has 1 saturated heterocycles. The molecular weight excluding hydrogens is 388 g/mol. The highest BCUT2D eigenvalue weighted by atomic mass is 79.9. The Balaban J connectivity index is 2.27. The first kappa shape index (κ1) is 16.9. The fourth-order valence-corrected chi connectivity index (χ4v) is 5.02. The van der Waals surface area contributed by atoms with E-state index in [1.54, 1.807) is 6.92 Å². The van der Waals surface area contributed by atoms with E-state index < -0.39 is 11.7 Å². The summed E-state index contributed by atoms with van der Waals surface area (Å²) in [7, 11) is 0. The lowest BCUT2D eigenvalue weighted by atomic mass is 9.61. The summed E-state index contributed by atoms with van der Waals surface area (Å²) >= 11 is 6.94. The normalized spacial score (nSPS) is 42.9. The van der Waals surface area contributed by atoms with Crippen LogP contribution < -0.4 is 0 Å². The van der Waals surface area contributed by atoms with Gasteiger partial charge >= 0.3 is 0 Å². The highest BCUT2D eigenvalue weighted by Gasteiger charge is 2.60. The molecule has 2 rings (SSSR count). The molecule has 5 heteroatoms. The van der Waals surface area contributed by atoms with Crippen molar-refractivity contribution in [3.05, 3.63) is 0 Å². The van der Waals surface area contributed by atoms with Crippen molar-refractivity contribution in [3.8, 4) is 0 Å². The Hall–Kier alpha value is 0.550. The minimum Gasteiger partial charge on any atom is -0.380 e. The van der Waals surface area contributed by atoms with E-state index >= 15 is 0 Å². The van der Waals surface area contributed by atoms with E-state index in [1.165, 1.54) is 0 Å². The van der Waals surface area contributed by atoms with Crippen LogP contribution in [0.1, 0.15) is 47.0 Å². The minimum atomic E-state index is -1.41. The summed E-state index contributed by atoms with van der Waals surface area (Å²) in [5.74, 6) is 0.130. The first-order valence-electron chi connectivity index (χ1n) is 7.19. The number of Topliss-reactive ketones (excluding diaryl/α,β-unsaturated/α-hetero) is 1. The number of hydrogen-bond donors (Lipinski definition) is 1. The molecule has 2 aliphatic rings. The smallest absolute Gasteiger partial charge is 0.177 e. The van der Waals surface area contributed by atoms with Crippen LogP contribution in [-0.2, 0) is 9.53 Å². The van der Waals surface area contributed by atoms with E-state index in [-0.39, 0.29) is 22.1 Å². The molecule has 0 amide bonds. The van der Waals surface area contributed by atoms with Gasteiger partial charge in [-0.15, -0.1) is 0 Å². The quantitative estimate of drug-likeness (QED) is 0.723. The second-order valence-corrected chi connectivity index (χ2v) is 8.91. The monoisotopic (exact) mass is 410 g/mol. The largest absolute Gasteiger partial charge is 0.380 e. The van der Waals surface area contributed by atoms with Crippen molar-refractivity contribution in [1.82, 2.24) is 0 Å². The fourth-order valence-electron chi connectivity index (χ4n) is 3.91. The zero-order chi connectivity index (χ0) is 15.3. The second-order valence-electron chi connectivity index (χ2n) is 7.24. The van der Waals surface area contributed by atoms with Gasteiger partial charge in [-0.3, -0.25) is 4.79 Å². The molecule has 3 nitrogen and oxygen atoms in total. The molecule has 1 N–H and O–H groups in total. The Bertz CT molecular complexity index is 408. The van der Waals surface area contributed by atoms with Crippen molar-refractivity contribution < 1.29 is 14.6 Å². The van der Waals surface area contributed by atoms with Crippen molar-refractivity contribution in [2.75, 3.05) is 5.33 Å². The number of ketones is 1. The van der Waals surface area contributed by atoms with E-state index in [1.807, 2.05) is 0 Å². The van der Waals surface area contributed by atoms with Crippen LogP contribution in [0.15, 0.2) is 0 Å². The number of hydrogen-bond acceptors (Lipinski definition) is 3. The summed E-state index contributed by atoms with van der Waals surface area (Å²) in [5.41, 5.74) is -1.56. The highest BCUT2D eigenvalue weighted by molar-refractivity contribution is 9.09. The Morgan fingerprint density at radius 3 is 2.60 bits per heavy atom. The molecule has 0 aromatic heterocycles. The molecule has 1 aliphatic carbocycles. The molecule has 1 heterocycles. The Morgan fingerprint density at radius 2 is 2.05 bits per heavy atom. The van der Waals surface area contributed by atoms with Gasteiger partial charge in [0.25, 0.3) is 0 Å². The highest BCUT2D eigenvalue weighted by Crippen LogP contribution is 2.57. The first-order chi connectivity index (χ1) is 9.05. The van der Waals surface area contributed by atoms with Crippen LogP contribution in [0.5, 0.6) is 0 Å². The van der Waals surface area contributed by atoms with Gasteiger partial charge in [-0.05, 0) is 44.4 Å². The summed E-state index contributed by atoms with van der Waals surface area (Å²) in [4.78, 5) is 12.4. The third kappa shape index (κ3) is 2.53. The van der Waals surface area contributed by atoms with E-state index in [0.717, 1.165) is 19.3 Å². The molecule has 2 fully saturated rings. The SMILES string of the molecule is CC12CCC(Br)C(C)(C)C1CC(C(C)(O)C(=O)CBr)O2. The lowest BCUT2D eigenvalue weighted by Gasteiger charge is -2.49. The van der Waals surface area contributed by atoms with Crippen LogP contribution in [0.2, 0.25) is 0 Å². The summed E-state index contributed by atoms with van der Waals surface area (Å²) < 4.78 is 6.21. The molecule has 0 radical (unpaired) electrons. The number of rotatable bonds is 3. The van der Waals surface area contributed by atoms with Crippen molar-refractivity contribution in [3.63, 3.8) is 0 Å². The summed E-state index contributed by atoms with van der Waals surface area (Å²) in [6.45, 7) is 8.22. The van der Waals surface area contributed by atoms with E-state index in [4.69, 9.17) is 4.74 Å². The number of halogens is 2. The number of carbonyl (C=O) groups excluding carboxylic acids is 1. The van der Waals surface area contributed by atoms with Crippen LogP contribution in [0, 0.1) is 11.3 Å². The molecule has 116 valence electrons. The molecular formula is C15H24Br2O3. The summed E-state index contributed by atoms with van der Waals surface area (Å²) in [5, 5.41) is 10.7. The lowest BCUT2D eigenvalue weighted by molar-refractivity contribution is -0.162. The maximum atomic E-state index is 12.0. The van der Waals surface area contributed by atoms with Crippen LogP contribution in [-0.4, -0.2) is 38.4 Å². The van der Waals surface area contributed by atoms with Crippen LogP contribution in [0.25, 0.3) is 0 Å². The predicted molar refractivity (Wildman–Crippen MR) is 86.5 cm³/mol. The number of aliphatic hydroxyl groups is 1. The summed E-state index contributed by atoms with van der Waals surface area (Å²) in [6.07, 6.45) is 2.34. The zero-order valence-electron chi connectivity index (χ0n) is 12.6. The maximum absolute atomic E-state index is 12.0. The molecule has 0 aromatic rings. The van der Waals surface area contributed by atoms with Gasteiger partial charge in [-0.25, -0.2) is 0 Å². The topological polar surface area (TPSA) is 46.5 Å². The molecule has 5 atom stereocenters. The van der Waals surface area contributed by atoms with Crippen LogP contribution >= 0.6 is 31.9 Å². The number of fused-ring (bicyclic) bond motifs is 1. The Labute approximate surface area is 138 Å². The number of ether oxygens (including phenoxy) is 1. The van der Waals surface area contributed by atoms with Gasteiger partial charge < -0.3 is 9.84 Å². The Morgan fingerprint density at radius 1 is 1.45 bits per heavy atom. The van der Waals surface area contributed by atoms with E-state index in [2.05, 4.69) is 52.6 Å². The van der Waals surface area contributed by atoms with Gasteiger partial charge in [0.1, 0.15) is 5.60 Å². The average Bonchev–Trinajstić information content (AvgIpc) is 2.74. The van der Waals surface area contributed by atoms with Crippen molar-refractivity contribution in [2.45, 2.75) is 69.1 Å². The second kappa shape index (κ2) is 5.32. The fraction of sp³-hybridized carbons (Fsp3) is 0.933. The molecule has 1 aliphatic heterocycles. The van der Waals surface area contributed by atoms with Crippen molar-refractivity contribution >= 4 is 37.6 Å². The van der Waals surface area contributed by atoms with E-state index in [0.29, 0.717) is 10.7 Å². The molecule has 5 unspecified atom stereocenters. The number of carbonyl (C=O) groups is 1. The van der Waals surface area contributed by atoms with Gasteiger partial charge in [-0.1, -0.05) is 45.7 Å².